The molecule has 0 spiro atoms. The number of aliphatic hydroxyl groups is 1. The van der Waals surface area contributed by atoms with Gasteiger partial charge < -0.3 is 14.4 Å². The first kappa shape index (κ1) is 15.3. The fraction of sp³-hybridized carbons (Fsp3) is 0.889. The van der Waals surface area contributed by atoms with E-state index >= 15 is 0 Å². The number of nitrogens with zero attached hydrogens (tertiary/aromatic N) is 4. The van der Waals surface area contributed by atoms with Gasteiger partial charge in [-0.25, -0.2) is 0 Å². The molecule has 1 N–H and O–H groups in total. The molecule has 3 saturated carbocycles. The number of hydrogen-bond donors (Lipinski definition) is 1. The first-order valence-corrected chi connectivity index (χ1v) is 9.75. The van der Waals surface area contributed by atoms with Gasteiger partial charge in [0.25, 0.3) is 0 Å². The SMILES string of the molecule is OC1CCCC1C1COCCN1Cc1nnc(C2CC2)n1C1CC1. The number of aliphatic hydroxyl groups excluding tert-OH is 1. The van der Waals surface area contributed by atoms with Crippen molar-refractivity contribution < 1.29 is 9.84 Å². The van der Waals surface area contributed by atoms with E-state index < -0.39 is 0 Å². The van der Waals surface area contributed by atoms with Crippen LogP contribution in [0.4, 0.5) is 0 Å². The normalized spacial score (nSPS) is 34.8. The van der Waals surface area contributed by atoms with Crippen LogP contribution >= 0.6 is 0 Å². The fourth-order valence-electron chi connectivity index (χ4n) is 4.64. The number of aromatic nitrogens is 3. The fourth-order valence-corrected chi connectivity index (χ4v) is 4.64. The van der Waals surface area contributed by atoms with Crippen LogP contribution in [0, 0.1) is 5.92 Å². The van der Waals surface area contributed by atoms with E-state index in [2.05, 4.69) is 19.7 Å². The van der Waals surface area contributed by atoms with Gasteiger partial charge in [-0.1, -0.05) is 6.42 Å². The van der Waals surface area contributed by atoms with Crippen LogP contribution in [0.5, 0.6) is 0 Å². The lowest BCUT2D eigenvalue weighted by Gasteiger charge is -2.39. The van der Waals surface area contributed by atoms with Crippen LogP contribution in [0.3, 0.4) is 0 Å². The molecule has 1 aromatic rings. The molecule has 1 aromatic heterocycles. The minimum atomic E-state index is -0.164. The average Bonchev–Trinajstić information content (AvgIpc) is 3.52. The number of ether oxygens (including phenoxy) is 1. The molecular formula is C18H28N4O2. The van der Waals surface area contributed by atoms with Crippen molar-refractivity contribution in [2.75, 3.05) is 19.8 Å². The van der Waals surface area contributed by atoms with Crippen LogP contribution in [0.25, 0.3) is 0 Å². The highest BCUT2D eigenvalue weighted by Crippen LogP contribution is 2.45. The lowest BCUT2D eigenvalue weighted by Crippen LogP contribution is -2.50. The van der Waals surface area contributed by atoms with Gasteiger partial charge in [-0.2, -0.15) is 0 Å². The topological polar surface area (TPSA) is 63.4 Å². The summed E-state index contributed by atoms with van der Waals surface area (Å²) in [6.45, 7) is 3.32. The first-order valence-electron chi connectivity index (χ1n) is 9.75. The Hall–Kier alpha value is -0.980. The zero-order valence-corrected chi connectivity index (χ0v) is 14.3. The molecule has 1 aliphatic heterocycles. The Morgan fingerprint density at radius 3 is 2.67 bits per heavy atom. The number of morpholine rings is 1. The predicted octanol–water partition coefficient (Wildman–Crippen LogP) is 1.85. The first-order chi connectivity index (χ1) is 11.8. The highest BCUT2D eigenvalue weighted by molar-refractivity contribution is 5.12. The second kappa shape index (κ2) is 6.07. The molecule has 24 heavy (non-hydrogen) atoms. The standard InChI is InChI=1S/C18H28N4O2/c23-16-3-1-2-14(16)15-11-24-9-8-21(15)10-17-19-20-18(12-4-5-12)22(17)13-6-7-13/h12-16,23H,1-11H2. The maximum absolute atomic E-state index is 10.3. The Balaban J connectivity index is 1.37. The lowest BCUT2D eigenvalue weighted by molar-refractivity contribution is -0.0549. The third-order valence-corrected chi connectivity index (χ3v) is 6.30. The van der Waals surface area contributed by atoms with Crippen molar-refractivity contribution in [1.82, 2.24) is 19.7 Å². The van der Waals surface area contributed by atoms with Crippen molar-refractivity contribution in [3.8, 4) is 0 Å². The Morgan fingerprint density at radius 1 is 1.08 bits per heavy atom. The van der Waals surface area contributed by atoms with E-state index in [1.165, 1.54) is 31.5 Å². The molecule has 4 fully saturated rings. The average molecular weight is 332 g/mol. The summed E-state index contributed by atoms with van der Waals surface area (Å²) in [4.78, 5) is 2.50. The molecule has 2 heterocycles. The third kappa shape index (κ3) is 2.78. The van der Waals surface area contributed by atoms with E-state index in [1.807, 2.05) is 0 Å². The molecular weight excluding hydrogens is 304 g/mol. The van der Waals surface area contributed by atoms with E-state index in [0.717, 1.165) is 51.4 Å². The second-order valence-electron chi connectivity index (χ2n) is 8.12. The zero-order chi connectivity index (χ0) is 16.1. The molecule has 3 aliphatic carbocycles. The summed E-state index contributed by atoms with van der Waals surface area (Å²) in [6.07, 6.45) is 8.14. The van der Waals surface area contributed by atoms with E-state index in [9.17, 15) is 5.11 Å². The van der Waals surface area contributed by atoms with Crippen LogP contribution in [0.2, 0.25) is 0 Å². The van der Waals surface area contributed by atoms with Crippen molar-refractivity contribution in [1.29, 1.82) is 0 Å². The summed E-state index contributed by atoms with van der Waals surface area (Å²) in [7, 11) is 0. The molecule has 3 atom stereocenters. The zero-order valence-electron chi connectivity index (χ0n) is 14.3. The van der Waals surface area contributed by atoms with Gasteiger partial charge in [0.05, 0.1) is 25.9 Å². The minimum Gasteiger partial charge on any atom is -0.393 e. The van der Waals surface area contributed by atoms with E-state index in [4.69, 9.17) is 4.74 Å². The Labute approximate surface area is 143 Å². The molecule has 6 nitrogen and oxygen atoms in total. The van der Waals surface area contributed by atoms with Crippen molar-refractivity contribution >= 4 is 0 Å². The van der Waals surface area contributed by atoms with E-state index in [-0.39, 0.29) is 6.10 Å². The van der Waals surface area contributed by atoms with Crippen LogP contribution in [0.1, 0.15) is 68.6 Å². The maximum Gasteiger partial charge on any atom is 0.147 e. The van der Waals surface area contributed by atoms with Gasteiger partial charge in [-0.3, -0.25) is 4.90 Å². The van der Waals surface area contributed by atoms with Gasteiger partial charge in [0.1, 0.15) is 11.6 Å². The summed E-state index contributed by atoms with van der Waals surface area (Å²) in [5, 5.41) is 19.5. The summed E-state index contributed by atoms with van der Waals surface area (Å²) < 4.78 is 8.21. The van der Waals surface area contributed by atoms with Crippen LogP contribution in [-0.4, -0.2) is 56.7 Å². The monoisotopic (exact) mass is 332 g/mol. The van der Waals surface area contributed by atoms with Crippen LogP contribution in [0.15, 0.2) is 0 Å². The molecule has 132 valence electrons. The van der Waals surface area contributed by atoms with Gasteiger partial charge in [-0.15, -0.1) is 10.2 Å². The largest absolute Gasteiger partial charge is 0.393 e. The molecule has 5 rings (SSSR count). The molecule has 3 unspecified atom stereocenters. The molecule has 0 amide bonds. The second-order valence-corrected chi connectivity index (χ2v) is 8.12. The Morgan fingerprint density at radius 2 is 1.96 bits per heavy atom. The molecule has 1 saturated heterocycles. The number of hydrogen-bond acceptors (Lipinski definition) is 5. The smallest absolute Gasteiger partial charge is 0.147 e. The summed E-state index contributed by atoms with van der Waals surface area (Å²) in [6, 6.07) is 0.965. The van der Waals surface area contributed by atoms with Crippen molar-refractivity contribution in [3.05, 3.63) is 11.6 Å². The summed E-state index contributed by atoms with van der Waals surface area (Å²) in [5.74, 6) is 3.38. The Kier molecular flexibility index (Phi) is 3.87. The molecule has 4 aliphatic rings. The summed E-state index contributed by atoms with van der Waals surface area (Å²) in [5.41, 5.74) is 0. The summed E-state index contributed by atoms with van der Waals surface area (Å²) >= 11 is 0. The highest BCUT2D eigenvalue weighted by Gasteiger charge is 2.40. The van der Waals surface area contributed by atoms with Gasteiger partial charge >= 0.3 is 0 Å². The predicted molar refractivity (Wildman–Crippen MR) is 88.6 cm³/mol. The van der Waals surface area contributed by atoms with Crippen molar-refractivity contribution in [2.24, 2.45) is 5.92 Å². The van der Waals surface area contributed by atoms with Gasteiger partial charge in [0.2, 0.25) is 0 Å². The molecule has 0 radical (unpaired) electrons. The Bertz CT molecular complexity index is 596. The van der Waals surface area contributed by atoms with Gasteiger partial charge in [0.15, 0.2) is 0 Å². The lowest BCUT2D eigenvalue weighted by atomic mass is 9.94. The highest BCUT2D eigenvalue weighted by atomic mass is 16.5. The van der Waals surface area contributed by atoms with Crippen molar-refractivity contribution in [3.63, 3.8) is 0 Å². The van der Waals surface area contributed by atoms with Crippen molar-refractivity contribution in [2.45, 2.75) is 75.6 Å². The minimum absolute atomic E-state index is 0.164. The molecule has 0 bridgehead atoms. The maximum atomic E-state index is 10.3. The van der Waals surface area contributed by atoms with Gasteiger partial charge in [0, 0.05) is 30.5 Å². The van der Waals surface area contributed by atoms with E-state index in [1.54, 1.807) is 0 Å². The number of rotatable bonds is 5. The molecule has 6 heteroatoms. The van der Waals surface area contributed by atoms with Crippen LogP contribution in [-0.2, 0) is 11.3 Å². The van der Waals surface area contributed by atoms with E-state index in [0.29, 0.717) is 23.9 Å². The quantitative estimate of drug-likeness (QED) is 0.891. The van der Waals surface area contributed by atoms with Crippen LogP contribution < -0.4 is 0 Å². The van der Waals surface area contributed by atoms with Gasteiger partial charge in [-0.05, 0) is 38.5 Å². The third-order valence-electron chi connectivity index (χ3n) is 6.30. The molecule has 0 aromatic carbocycles.